The monoisotopic (exact) mass is 375 g/mol. The van der Waals surface area contributed by atoms with Crippen LogP contribution in [0.25, 0.3) is 11.1 Å². The molecule has 3 rings (SSSR count). The maximum absolute atomic E-state index is 11.6. The Hall–Kier alpha value is -3.80. The average Bonchev–Trinajstić information content (AvgIpc) is 2.72. The molecule has 0 radical (unpaired) electrons. The Morgan fingerprint density at radius 1 is 1.07 bits per heavy atom. The molecule has 0 amide bonds. The third-order valence-electron chi connectivity index (χ3n) is 4.44. The predicted octanol–water partition coefficient (Wildman–Crippen LogP) is 3.96. The molecule has 0 aliphatic rings. The van der Waals surface area contributed by atoms with Crippen molar-refractivity contribution >= 4 is 17.5 Å². The molecule has 0 unspecified atom stereocenters. The smallest absolute Gasteiger partial charge is 0.336 e. The van der Waals surface area contributed by atoms with Crippen LogP contribution in [0.3, 0.4) is 0 Å². The molecule has 0 bridgehead atoms. The van der Waals surface area contributed by atoms with E-state index in [-0.39, 0.29) is 11.4 Å². The van der Waals surface area contributed by atoms with Crippen LogP contribution in [0.5, 0.6) is 5.75 Å². The standard InChI is InChI=1S/C22H21N3O3/c1-28-17-10-11-18(19-4-2-3-5-20(19)22(26)27)15(12-17)13-25-16-8-6-14(7-9-16)21(23)24/h2-12,25H,13H2,1H3,(H3,23,24)(H,26,27). The lowest BCUT2D eigenvalue weighted by Gasteiger charge is -2.15. The van der Waals surface area contributed by atoms with Crippen molar-refractivity contribution in [2.45, 2.75) is 6.54 Å². The third kappa shape index (κ3) is 4.12. The molecule has 3 aromatic rings. The molecule has 6 nitrogen and oxygen atoms in total. The summed E-state index contributed by atoms with van der Waals surface area (Å²) in [6.07, 6.45) is 0. The van der Waals surface area contributed by atoms with E-state index in [4.69, 9.17) is 15.9 Å². The lowest BCUT2D eigenvalue weighted by molar-refractivity contribution is 0.0697. The highest BCUT2D eigenvalue weighted by Gasteiger charge is 2.14. The maximum atomic E-state index is 11.6. The van der Waals surface area contributed by atoms with Crippen molar-refractivity contribution in [3.8, 4) is 16.9 Å². The summed E-state index contributed by atoms with van der Waals surface area (Å²) in [4.78, 5) is 11.6. The maximum Gasteiger partial charge on any atom is 0.336 e. The van der Waals surface area contributed by atoms with Gasteiger partial charge >= 0.3 is 5.97 Å². The molecule has 142 valence electrons. The van der Waals surface area contributed by atoms with E-state index in [9.17, 15) is 9.90 Å². The number of carbonyl (C=O) groups is 1. The number of carboxylic acid groups (broad SMARTS) is 1. The van der Waals surface area contributed by atoms with Crippen LogP contribution >= 0.6 is 0 Å². The van der Waals surface area contributed by atoms with Gasteiger partial charge in [0.15, 0.2) is 0 Å². The second kappa shape index (κ2) is 8.26. The molecule has 0 saturated carbocycles. The summed E-state index contributed by atoms with van der Waals surface area (Å²) in [7, 11) is 1.60. The quantitative estimate of drug-likeness (QED) is 0.369. The van der Waals surface area contributed by atoms with Crippen molar-refractivity contribution in [2.75, 3.05) is 12.4 Å². The number of nitrogens with one attached hydrogen (secondary N) is 2. The lowest BCUT2D eigenvalue weighted by atomic mass is 9.95. The fraction of sp³-hybridized carbons (Fsp3) is 0.0909. The molecule has 28 heavy (non-hydrogen) atoms. The van der Waals surface area contributed by atoms with Gasteiger partial charge in [0.05, 0.1) is 12.7 Å². The van der Waals surface area contributed by atoms with E-state index in [0.717, 1.165) is 16.8 Å². The molecular weight excluding hydrogens is 354 g/mol. The van der Waals surface area contributed by atoms with Crippen LogP contribution in [0.15, 0.2) is 66.7 Å². The number of methoxy groups -OCH3 is 1. The molecule has 3 aromatic carbocycles. The number of aromatic carboxylic acids is 1. The van der Waals surface area contributed by atoms with Crippen LogP contribution in [0.1, 0.15) is 21.5 Å². The number of anilines is 1. The SMILES string of the molecule is COc1ccc(-c2ccccc2C(=O)O)c(CNc2ccc(C(=N)N)cc2)c1. The summed E-state index contributed by atoms with van der Waals surface area (Å²) in [5.74, 6) is -0.252. The van der Waals surface area contributed by atoms with Gasteiger partial charge < -0.3 is 20.9 Å². The number of nitrogens with two attached hydrogens (primary N) is 1. The number of hydrogen-bond acceptors (Lipinski definition) is 4. The zero-order chi connectivity index (χ0) is 20.1. The van der Waals surface area contributed by atoms with E-state index in [1.165, 1.54) is 0 Å². The van der Waals surface area contributed by atoms with Crippen molar-refractivity contribution < 1.29 is 14.6 Å². The van der Waals surface area contributed by atoms with E-state index in [1.807, 2.05) is 36.4 Å². The fourth-order valence-electron chi connectivity index (χ4n) is 2.98. The molecule has 0 aliphatic heterocycles. The number of nitrogen functional groups attached to an aromatic ring is 1. The van der Waals surface area contributed by atoms with Crippen molar-refractivity contribution in [3.63, 3.8) is 0 Å². The Morgan fingerprint density at radius 3 is 2.43 bits per heavy atom. The zero-order valence-corrected chi connectivity index (χ0v) is 15.4. The number of hydrogen-bond donors (Lipinski definition) is 4. The van der Waals surface area contributed by atoms with Crippen molar-refractivity contribution in [1.29, 1.82) is 5.41 Å². The number of carboxylic acids is 1. The zero-order valence-electron chi connectivity index (χ0n) is 15.4. The van der Waals surface area contributed by atoms with Crippen molar-refractivity contribution in [1.82, 2.24) is 0 Å². The third-order valence-corrected chi connectivity index (χ3v) is 4.44. The molecule has 0 aliphatic carbocycles. The first kappa shape index (κ1) is 19.0. The molecule has 0 fully saturated rings. The molecule has 0 spiro atoms. The van der Waals surface area contributed by atoms with Crippen molar-refractivity contribution in [2.24, 2.45) is 5.73 Å². The minimum absolute atomic E-state index is 0.0203. The summed E-state index contributed by atoms with van der Waals surface area (Å²) in [6.45, 7) is 0.472. The summed E-state index contributed by atoms with van der Waals surface area (Å²) >= 11 is 0. The Kier molecular flexibility index (Phi) is 5.60. The van der Waals surface area contributed by atoms with Crippen LogP contribution < -0.4 is 15.8 Å². The van der Waals surface area contributed by atoms with Crippen LogP contribution in [0.2, 0.25) is 0 Å². The van der Waals surface area contributed by atoms with Gasteiger partial charge in [0.25, 0.3) is 0 Å². The predicted molar refractivity (Wildman–Crippen MR) is 110 cm³/mol. The highest BCUT2D eigenvalue weighted by atomic mass is 16.5. The molecular formula is C22H21N3O3. The van der Waals surface area contributed by atoms with Gasteiger partial charge in [-0.05, 0) is 59.2 Å². The summed E-state index contributed by atoms with van der Waals surface area (Å²) in [6, 6.07) is 19.8. The highest BCUT2D eigenvalue weighted by Crippen LogP contribution is 2.31. The van der Waals surface area contributed by atoms with Gasteiger partial charge in [-0.3, -0.25) is 5.41 Å². The molecule has 0 aromatic heterocycles. The van der Waals surface area contributed by atoms with E-state index in [1.54, 1.807) is 37.4 Å². The number of amidine groups is 1. The first-order chi connectivity index (χ1) is 13.5. The van der Waals surface area contributed by atoms with Gasteiger partial charge in [-0.25, -0.2) is 4.79 Å². The minimum Gasteiger partial charge on any atom is -0.497 e. The van der Waals surface area contributed by atoms with Gasteiger partial charge in [-0.15, -0.1) is 0 Å². The Balaban J connectivity index is 1.94. The topological polar surface area (TPSA) is 108 Å². The van der Waals surface area contributed by atoms with Crippen LogP contribution in [0.4, 0.5) is 5.69 Å². The first-order valence-electron chi connectivity index (χ1n) is 8.67. The summed E-state index contributed by atoms with van der Waals surface area (Å²) in [5, 5.41) is 20.3. The van der Waals surface area contributed by atoms with Gasteiger partial charge in [-0.2, -0.15) is 0 Å². The summed E-state index contributed by atoms with van der Waals surface area (Å²) in [5.41, 5.74) is 9.64. The molecule has 0 heterocycles. The van der Waals surface area contributed by atoms with Crippen LogP contribution in [0, 0.1) is 5.41 Å². The Morgan fingerprint density at radius 2 is 1.79 bits per heavy atom. The van der Waals surface area contributed by atoms with Gasteiger partial charge in [0.1, 0.15) is 11.6 Å². The van der Waals surface area contributed by atoms with E-state index < -0.39 is 5.97 Å². The summed E-state index contributed by atoms with van der Waals surface area (Å²) < 4.78 is 5.34. The average molecular weight is 375 g/mol. The molecule has 5 N–H and O–H groups in total. The second-order valence-electron chi connectivity index (χ2n) is 6.22. The van der Waals surface area contributed by atoms with E-state index in [0.29, 0.717) is 23.4 Å². The largest absolute Gasteiger partial charge is 0.497 e. The Labute approximate surface area is 163 Å². The van der Waals surface area contributed by atoms with Gasteiger partial charge in [0.2, 0.25) is 0 Å². The van der Waals surface area contributed by atoms with Crippen molar-refractivity contribution in [3.05, 3.63) is 83.4 Å². The fourth-order valence-corrected chi connectivity index (χ4v) is 2.98. The molecule has 0 saturated heterocycles. The molecule has 6 heteroatoms. The van der Waals surface area contributed by atoms with Crippen LogP contribution in [-0.2, 0) is 6.54 Å². The van der Waals surface area contributed by atoms with Crippen LogP contribution in [-0.4, -0.2) is 24.0 Å². The van der Waals surface area contributed by atoms with E-state index >= 15 is 0 Å². The Bertz CT molecular complexity index is 1010. The normalized spacial score (nSPS) is 10.3. The minimum atomic E-state index is -0.967. The number of rotatable bonds is 7. The van der Waals surface area contributed by atoms with Gasteiger partial charge in [0, 0.05) is 17.8 Å². The van der Waals surface area contributed by atoms with E-state index in [2.05, 4.69) is 5.32 Å². The number of ether oxygens (including phenoxy) is 1. The highest BCUT2D eigenvalue weighted by molar-refractivity contribution is 5.96. The first-order valence-corrected chi connectivity index (χ1v) is 8.67. The number of benzene rings is 3. The van der Waals surface area contributed by atoms with Gasteiger partial charge in [-0.1, -0.05) is 24.3 Å². The second-order valence-corrected chi connectivity index (χ2v) is 6.22. The molecule has 0 atom stereocenters. The lowest BCUT2D eigenvalue weighted by Crippen LogP contribution is -2.10.